The van der Waals surface area contributed by atoms with Crippen LogP contribution >= 0.6 is 0 Å². The van der Waals surface area contributed by atoms with Crippen molar-refractivity contribution in [1.82, 2.24) is 5.32 Å². The highest BCUT2D eigenvalue weighted by molar-refractivity contribution is 5.75. The van der Waals surface area contributed by atoms with Gasteiger partial charge in [0.15, 0.2) is 0 Å². The molecule has 4 N–H and O–H groups in total. The van der Waals surface area contributed by atoms with Gasteiger partial charge in [-0.3, -0.25) is 4.79 Å². The van der Waals surface area contributed by atoms with E-state index in [4.69, 9.17) is 5.73 Å². The molecule has 4 heteroatoms. The van der Waals surface area contributed by atoms with Crippen LogP contribution in [0.5, 0.6) is 0 Å². The van der Waals surface area contributed by atoms with Crippen LogP contribution in [0, 0.1) is 5.41 Å². The summed E-state index contributed by atoms with van der Waals surface area (Å²) in [5.74, 6) is -0.0608. The molecule has 0 aliphatic rings. The Hall–Kier alpha value is -1.39. The molecular weight excluding hydrogens is 264 g/mol. The highest BCUT2D eigenvalue weighted by Crippen LogP contribution is 2.20. The third kappa shape index (κ3) is 7.83. The van der Waals surface area contributed by atoms with Crippen molar-refractivity contribution in [1.29, 1.82) is 0 Å². The molecule has 0 fully saturated rings. The monoisotopic (exact) mass is 292 g/mol. The SMILES string of the molecule is CC(C)(C)CC(O)CNC(=O)CCC(N)c1ccccc1. The second-order valence-electron chi connectivity index (χ2n) is 6.78. The molecule has 1 rings (SSSR count). The summed E-state index contributed by atoms with van der Waals surface area (Å²) in [5.41, 5.74) is 7.15. The fourth-order valence-electron chi connectivity index (χ4n) is 2.25. The molecule has 0 heterocycles. The molecule has 0 aromatic heterocycles. The molecule has 0 spiro atoms. The maximum absolute atomic E-state index is 11.8. The minimum Gasteiger partial charge on any atom is -0.391 e. The van der Waals surface area contributed by atoms with Crippen LogP contribution in [0.2, 0.25) is 0 Å². The molecule has 21 heavy (non-hydrogen) atoms. The average molecular weight is 292 g/mol. The van der Waals surface area contributed by atoms with Crippen LogP contribution in [0.3, 0.4) is 0 Å². The summed E-state index contributed by atoms with van der Waals surface area (Å²) in [7, 11) is 0. The second kappa shape index (κ2) is 8.15. The van der Waals surface area contributed by atoms with Crippen LogP contribution in [0.15, 0.2) is 30.3 Å². The first-order valence-corrected chi connectivity index (χ1v) is 7.53. The van der Waals surface area contributed by atoms with Gasteiger partial charge in [0.1, 0.15) is 0 Å². The zero-order chi connectivity index (χ0) is 15.9. The number of amides is 1. The summed E-state index contributed by atoms with van der Waals surface area (Å²) in [6.45, 7) is 6.50. The summed E-state index contributed by atoms with van der Waals surface area (Å²) >= 11 is 0. The normalized spacial score (nSPS) is 14.5. The van der Waals surface area contributed by atoms with Crippen molar-refractivity contribution in [3.8, 4) is 0 Å². The number of aliphatic hydroxyl groups excluding tert-OH is 1. The van der Waals surface area contributed by atoms with E-state index in [1.165, 1.54) is 0 Å². The zero-order valence-corrected chi connectivity index (χ0v) is 13.3. The second-order valence-corrected chi connectivity index (χ2v) is 6.78. The van der Waals surface area contributed by atoms with Crippen molar-refractivity contribution >= 4 is 5.91 Å². The first kappa shape index (κ1) is 17.7. The molecule has 0 saturated heterocycles. The molecule has 0 aliphatic heterocycles. The number of hydrogen-bond donors (Lipinski definition) is 3. The Morgan fingerprint density at radius 2 is 1.90 bits per heavy atom. The molecular formula is C17H28N2O2. The molecule has 4 nitrogen and oxygen atoms in total. The van der Waals surface area contributed by atoms with E-state index in [2.05, 4.69) is 26.1 Å². The van der Waals surface area contributed by atoms with E-state index in [0.29, 0.717) is 25.8 Å². The molecule has 0 aliphatic carbocycles. The van der Waals surface area contributed by atoms with Crippen molar-refractivity contribution in [2.24, 2.45) is 11.1 Å². The number of nitrogens with one attached hydrogen (secondary N) is 1. The molecule has 118 valence electrons. The average Bonchev–Trinajstić information content (AvgIpc) is 2.41. The van der Waals surface area contributed by atoms with Crippen molar-refractivity contribution < 1.29 is 9.90 Å². The van der Waals surface area contributed by atoms with E-state index >= 15 is 0 Å². The molecule has 1 aromatic rings. The topological polar surface area (TPSA) is 75.3 Å². The minimum absolute atomic E-state index is 0.0554. The zero-order valence-electron chi connectivity index (χ0n) is 13.3. The predicted octanol–water partition coefficient (Wildman–Crippen LogP) is 2.38. The largest absolute Gasteiger partial charge is 0.391 e. The van der Waals surface area contributed by atoms with Crippen LogP contribution in [-0.4, -0.2) is 23.7 Å². The molecule has 1 amide bonds. The Morgan fingerprint density at radius 1 is 1.29 bits per heavy atom. The van der Waals surface area contributed by atoms with Crippen LogP contribution < -0.4 is 11.1 Å². The lowest BCUT2D eigenvalue weighted by molar-refractivity contribution is -0.121. The molecule has 0 bridgehead atoms. The number of carbonyl (C=O) groups excluding carboxylic acids is 1. The van der Waals surface area contributed by atoms with Crippen LogP contribution in [0.4, 0.5) is 0 Å². The first-order valence-electron chi connectivity index (χ1n) is 7.53. The highest BCUT2D eigenvalue weighted by Gasteiger charge is 2.17. The number of carbonyl (C=O) groups is 1. The van der Waals surface area contributed by atoms with Crippen molar-refractivity contribution in [2.75, 3.05) is 6.54 Å². The van der Waals surface area contributed by atoms with Crippen LogP contribution in [-0.2, 0) is 4.79 Å². The summed E-state index contributed by atoms with van der Waals surface area (Å²) in [6, 6.07) is 9.64. The van der Waals surface area contributed by atoms with Gasteiger partial charge in [-0.1, -0.05) is 51.1 Å². The highest BCUT2D eigenvalue weighted by atomic mass is 16.3. The summed E-state index contributed by atoms with van der Waals surface area (Å²) in [6.07, 6.45) is 1.14. The molecule has 2 unspecified atom stereocenters. The summed E-state index contributed by atoms with van der Waals surface area (Å²) in [4.78, 5) is 11.8. The Bertz CT molecular complexity index is 426. The maximum Gasteiger partial charge on any atom is 0.220 e. The summed E-state index contributed by atoms with van der Waals surface area (Å²) in [5, 5.41) is 12.6. The number of rotatable bonds is 7. The van der Waals surface area contributed by atoms with Gasteiger partial charge in [0.05, 0.1) is 6.10 Å². The lowest BCUT2D eigenvalue weighted by Gasteiger charge is -2.22. The first-order chi connectivity index (χ1) is 9.78. The number of nitrogens with two attached hydrogens (primary N) is 1. The van der Waals surface area contributed by atoms with Gasteiger partial charge < -0.3 is 16.2 Å². The molecule has 0 radical (unpaired) electrons. The lowest BCUT2D eigenvalue weighted by atomic mass is 9.89. The van der Waals surface area contributed by atoms with Crippen LogP contribution in [0.1, 0.15) is 51.6 Å². The summed E-state index contributed by atoms with van der Waals surface area (Å²) < 4.78 is 0. The van der Waals surface area contributed by atoms with Gasteiger partial charge in [0, 0.05) is 19.0 Å². The van der Waals surface area contributed by atoms with E-state index in [-0.39, 0.29) is 17.4 Å². The Morgan fingerprint density at radius 3 is 2.48 bits per heavy atom. The van der Waals surface area contributed by atoms with Crippen LogP contribution in [0.25, 0.3) is 0 Å². The van der Waals surface area contributed by atoms with E-state index < -0.39 is 6.10 Å². The van der Waals surface area contributed by atoms with Crippen molar-refractivity contribution in [3.05, 3.63) is 35.9 Å². The Labute approximate surface area is 127 Å². The van der Waals surface area contributed by atoms with Crippen molar-refractivity contribution in [2.45, 2.75) is 52.2 Å². The van der Waals surface area contributed by atoms with E-state index in [1.54, 1.807) is 0 Å². The standard InChI is InChI=1S/C17H28N2O2/c1-17(2,3)11-14(20)12-19-16(21)10-9-15(18)13-7-5-4-6-8-13/h4-8,14-15,20H,9-12,18H2,1-3H3,(H,19,21). The number of benzene rings is 1. The maximum atomic E-state index is 11.8. The Balaban J connectivity index is 2.25. The van der Waals surface area contributed by atoms with E-state index in [0.717, 1.165) is 5.56 Å². The number of aliphatic hydroxyl groups is 1. The van der Waals surface area contributed by atoms with Gasteiger partial charge in [-0.25, -0.2) is 0 Å². The van der Waals surface area contributed by atoms with E-state index in [1.807, 2.05) is 30.3 Å². The van der Waals surface area contributed by atoms with Gasteiger partial charge in [-0.05, 0) is 23.8 Å². The van der Waals surface area contributed by atoms with Gasteiger partial charge in [-0.15, -0.1) is 0 Å². The van der Waals surface area contributed by atoms with Gasteiger partial charge in [0.2, 0.25) is 5.91 Å². The van der Waals surface area contributed by atoms with Gasteiger partial charge >= 0.3 is 0 Å². The van der Waals surface area contributed by atoms with E-state index in [9.17, 15) is 9.90 Å². The third-order valence-corrected chi connectivity index (χ3v) is 3.29. The smallest absolute Gasteiger partial charge is 0.220 e. The lowest BCUT2D eigenvalue weighted by Crippen LogP contribution is -2.34. The number of hydrogen-bond acceptors (Lipinski definition) is 3. The fourth-order valence-corrected chi connectivity index (χ4v) is 2.25. The Kier molecular flexibility index (Phi) is 6.85. The minimum atomic E-state index is -0.503. The predicted molar refractivity (Wildman–Crippen MR) is 85.7 cm³/mol. The quantitative estimate of drug-likeness (QED) is 0.722. The third-order valence-electron chi connectivity index (χ3n) is 3.29. The molecule has 0 saturated carbocycles. The van der Waals surface area contributed by atoms with Crippen molar-refractivity contribution in [3.63, 3.8) is 0 Å². The molecule has 1 aromatic carbocycles. The molecule has 2 atom stereocenters. The fraction of sp³-hybridized carbons (Fsp3) is 0.588. The van der Waals surface area contributed by atoms with Gasteiger partial charge in [0.25, 0.3) is 0 Å². The van der Waals surface area contributed by atoms with Gasteiger partial charge in [-0.2, -0.15) is 0 Å².